The van der Waals surface area contributed by atoms with Crippen molar-refractivity contribution < 1.29 is 13.4 Å². The maximum absolute atomic E-state index is 13.6. The zero-order valence-electron chi connectivity index (χ0n) is 19.0. The highest BCUT2D eigenvalue weighted by atomic mass is 35.5. The molecule has 34 heavy (non-hydrogen) atoms. The molecule has 3 heterocycles. The summed E-state index contributed by atoms with van der Waals surface area (Å²) in [5.41, 5.74) is 2.28. The van der Waals surface area contributed by atoms with Crippen LogP contribution in [0.4, 0.5) is 10.1 Å². The lowest BCUT2D eigenvalue weighted by Crippen LogP contribution is -2.37. The van der Waals surface area contributed by atoms with Gasteiger partial charge in [-0.1, -0.05) is 48.9 Å². The van der Waals surface area contributed by atoms with E-state index in [9.17, 15) is 13.4 Å². The number of nitrogens with zero attached hydrogens (tertiary/aromatic N) is 2. The van der Waals surface area contributed by atoms with Crippen LogP contribution in [0.2, 0.25) is 5.15 Å². The molecule has 1 unspecified atom stereocenters. The van der Waals surface area contributed by atoms with Crippen molar-refractivity contribution in [1.29, 1.82) is 4.78 Å². The number of rotatable bonds is 6. The van der Waals surface area contributed by atoms with Crippen molar-refractivity contribution in [3.8, 4) is 0 Å². The molecule has 3 aromatic rings. The zero-order chi connectivity index (χ0) is 24.5. The van der Waals surface area contributed by atoms with Crippen LogP contribution in [0.3, 0.4) is 0 Å². The van der Waals surface area contributed by atoms with Gasteiger partial charge in [-0.25, -0.2) is 18.7 Å². The summed E-state index contributed by atoms with van der Waals surface area (Å²) in [4.78, 5) is 16.9. The van der Waals surface area contributed by atoms with Crippen LogP contribution in [0.15, 0.2) is 53.6 Å². The smallest absolute Gasteiger partial charge is 0.272 e. The number of carbonyl (C=O) groups excluding carboxylic acids is 1. The summed E-state index contributed by atoms with van der Waals surface area (Å²) in [5.74, 6) is -1.11. The van der Waals surface area contributed by atoms with Gasteiger partial charge in [-0.05, 0) is 43.2 Å². The highest BCUT2D eigenvalue weighted by molar-refractivity contribution is 7.90. The minimum Gasteiger partial charge on any atom is -0.345 e. The lowest BCUT2D eigenvalue weighted by Gasteiger charge is -2.24. The van der Waals surface area contributed by atoms with Crippen LogP contribution in [0.5, 0.6) is 0 Å². The lowest BCUT2D eigenvalue weighted by atomic mass is 9.91. The third-order valence-electron chi connectivity index (χ3n) is 6.23. The molecule has 180 valence electrons. The van der Waals surface area contributed by atoms with Crippen LogP contribution in [0.25, 0.3) is 0 Å². The molecule has 4 rings (SSSR count). The highest BCUT2D eigenvalue weighted by Gasteiger charge is 2.32. The SMILES string of the molecule is C[C@@H](CCc1ccccc1)[C@H]1CCc2c(cn(C)c2C(=O)Nc2cc(F)nc(Cl)c2)S(=N)(=O)N1. The van der Waals surface area contributed by atoms with E-state index in [1.165, 1.54) is 11.6 Å². The number of aromatic nitrogens is 2. The first kappa shape index (κ1) is 24.4. The van der Waals surface area contributed by atoms with E-state index in [0.717, 1.165) is 18.9 Å². The summed E-state index contributed by atoms with van der Waals surface area (Å²) in [7, 11) is -1.65. The highest BCUT2D eigenvalue weighted by Crippen LogP contribution is 2.31. The van der Waals surface area contributed by atoms with Crippen molar-refractivity contribution in [2.24, 2.45) is 13.0 Å². The topological polar surface area (TPSA) is 99.9 Å². The van der Waals surface area contributed by atoms with Gasteiger partial charge in [-0.15, -0.1) is 0 Å². The van der Waals surface area contributed by atoms with Crippen molar-refractivity contribution in [3.63, 3.8) is 0 Å². The van der Waals surface area contributed by atoms with Crippen LogP contribution >= 0.6 is 11.6 Å². The van der Waals surface area contributed by atoms with Gasteiger partial charge >= 0.3 is 0 Å². The fourth-order valence-electron chi connectivity index (χ4n) is 4.44. The van der Waals surface area contributed by atoms with Gasteiger partial charge in [0.2, 0.25) is 5.95 Å². The van der Waals surface area contributed by atoms with Gasteiger partial charge in [0.1, 0.15) is 20.8 Å². The standard InChI is InChI=1S/C24H27ClFN5O2S/c1-15(8-9-16-6-4-3-5-7-16)19-11-10-18-20(34(27,33)30-19)14-31(2)23(18)24(32)28-17-12-21(25)29-22(26)13-17/h3-7,12-15,19H,8-11H2,1-2H3,(H2,27,30,33)(H,28,29,32)/t15-,19+,34?/m0/s1. The fourth-order valence-corrected chi connectivity index (χ4v) is 6.39. The summed E-state index contributed by atoms with van der Waals surface area (Å²) in [5, 5.41) is 2.56. The van der Waals surface area contributed by atoms with Crippen molar-refractivity contribution in [2.45, 2.75) is 43.5 Å². The largest absolute Gasteiger partial charge is 0.345 e. The molecule has 1 aromatic carbocycles. The van der Waals surface area contributed by atoms with Gasteiger partial charge in [0.25, 0.3) is 5.91 Å². The fraction of sp³-hybridized carbons (Fsp3) is 0.333. The molecular formula is C24H27ClFN5O2S. The number of anilines is 1. The first-order valence-corrected chi connectivity index (χ1v) is 13.0. The number of hydrogen-bond donors (Lipinski definition) is 3. The molecule has 1 aliphatic heterocycles. The molecular weight excluding hydrogens is 477 g/mol. The number of benzene rings is 1. The summed E-state index contributed by atoms with van der Waals surface area (Å²) in [6.07, 6.45) is 4.49. The normalized spacial score (nSPS) is 20.9. The number of halogens is 2. The number of carbonyl (C=O) groups is 1. The predicted molar refractivity (Wildman–Crippen MR) is 131 cm³/mol. The van der Waals surface area contributed by atoms with Crippen LogP contribution < -0.4 is 10.0 Å². The number of pyridine rings is 1. The Bertz CT molecular complexity index is 1290. The number of amides is 1. The van der Waals surface area contributed by atoms with Gasteiger partial charge in [0.15, 0.2) is 0 Å². The minimum absolute atomic E-state index is 0.0771. The first-order valence-electron chi connectivity index (χ1n) is 11.1. The Labute approximate surface area is 203 Å². The van der Waals surface area contributed by atoms with E-state index in [2.05, 4.69) is 34.1 Å². The van der Waals surface area contributed by atoms with Gasteiger partial charge < -0.3 is 9.88 Å². The lowest BCUT2D eigenvalue weighted by molar-refractivity contribution is 0.101. The molecule has 1 aliphatic rings. The molecule has 0 saturated carbocycles. The van der Waals surface area contributed by atoms with Gasteiger partial charge in [-0.2, -0.15) is 4.39 Å². The second-order valence-corrected chi connectivity index (χ2v) is 10.9. The quantitative estimate of drug-likeness (QED) is 0.414. The minimum atomic E-state index is -3.32. The van der Waals surface area contributed by atoms with Gasteiger partial charge in [0, 0.05) is 36.6 Å². The van der Waals surface area contributed by atoms with E-state index in [1.807, 2.05) is 18.2 Å². The zero-order valence-corrected chi connectivity index (χ0v) is 20.5. The van der Waals surface area contributed by atoms with Gasteiger partial charge in [-0.3, -0.25) is 4.79 Å². The molecule has 3 N–H and O–H groups in total. The van der Waals surface area contributed by atoms with Crippen molar-refractivity contribution in [3.05, 3.63) is 76.6 Å². The predicted octanol–water partition coefficient (Wildman–Crippen LogP) is 4.96. The molecule has 0 radical (unpaired) electrons. The second kappa shape index (κ2) is 9.85. The Morgan fingerprint density at radius 1 is 1.38 bits per heavy atom. The maximum atomic E-state index is 13.6. The molecule has 0 saturated heterocycles. The average Bonchev–Trinajstić information content (AvgIpc) is 3.05. The van der Waals surface area contributed by atoms with Gasteiger partial charge in [0.05, 0.1) is 4.90 Å². The van der Waals surface area contributed by atoms with Crippen LogP contribution in [0.1, 0.15) is 41.4 Å². The molecule has 0 spiro atoms. The maximum Gasteiger partial charge on any atom is 0.272 e. The van der Waals surface area contributed by atoms with Crippen LogP contribution in [0, 0.1) is 16.6 Å². The van der Waals surface area contributed by atoms with Crippen LogP contribution in [-0.2, 0) is 29.8 Å². The summed E-state index contributed by atoms with van der Waals surface area (Å²) >= 11 is 5.80. The average molecular weight is 504 g/mol. The Balaban J connectivity index is 1.54. The number of hydrogen-bond acceptors (Lipinski definition) is 4. The third-order valence-corrected chi connectivity index (χ3v) is 8.03. The Morgan fingerprint density at radius 3 is 2.82 bits per heavy atom. The van der Waals surface area contributed by atoms with Crippen LogP contribution in [-0.4, -0.2) is 25.7 Å². The second-order valence-electron chi connectivity index (χ2n) is 8.71. The van der Waals surface area contributed by atoms with E-state index in [-0.39, 0.29) is 22.8 Å². The summed E-state index contributed by atoms with van der Waals surface area (Å²) in [6.45, 7) is 2.10. The molecule has 0 aliphatic carbocycles. The Kier molecular flexibility index (Phi) is 7.06. The molecule has 2 aromatic heterocycles. The Hall–Kier alpha value is -2.75. The molecule has 1 amide bonds. The van der Waals surface area contributed by atoms with E-state index in [0.29, 0.717) is 29.0 Å². The Morgan fingerprint density at radius 2 is 2.12 bits per heavy atom. The summed E-state index contributed by atoms with van der Waals surface area (Å²) < 4.78 is 40.2. The van der Waals surface area contributed by atoms with Crippen molar-refractivity contribution in [2.75, 3.05) is 5.32 Å². The number of aryl methyl sites for hydroxylation is 2. The number of fused-ring (bicyclic) bond motifs is 1. The monoisotopic (exact) mass is 503 g/mol. The number of nitrogens with one attached hydrogen (secondary N) is 3. The van der Waals surface area contributed by atoms with E-state index >= 15 is 0 Å². The van der Waals surface area contributed by atoms with E-state index in [4.69, 9.17) is 16.4 Å². The van der Waals surface area contributed by atoms with E-state index in [1.54, 1.807) is 17.8 Å². The molecule has 7 nitrogen and oxygen atoms in total. The van der Waals surface area contributed by atoms with Crippen molar-refractivity contribution >= 4 is 33.1 Å². The first-order chi connectivity index (χ1) is 16.1. The van der Waals surface area contributed by atoms with E-state index < -0.39 is 21.8 Å². The molecule has 3 atom stereocenters. The molecule has 10 heteroatoms. The third kappa shape index (κ3) is 5.32. The molecule has 0 fully saturated rings. The molecule has 0 bridgehead atoms. The summed E-state index contributed by atoms with van der Waals surface area (Å²) in [6, 6.07) is 12.5. The van der Waals surface area contributed by atoms with Crippen molar-refractivity contribution in [1.82, 2.24) is 14.3 Å².